The largest absolute Gasteiger partial charge is 0.307 e. The summed E-state index contributed by atoms with van der Waals surface area (Å²) in [4.78, 5) is 19.1. The number of carbonyl (C=O) groups is 1. The molecule has 1 amide bonds. The number of benzene rings is 1. The Bertz CT molecular complexity index is 893. The number of aromatic nitrogens is 1. The van der Waals surface area contributed by atoms with Crippen molar-refractivity contribution in [1.82, 2.24) is 4.98 Å². The van der Waals surface area contributed by atoms with E-state index in [2.05, 4.69) is 25.6 Å². The predicted octanol–water partition coefficient (Wildman–Crippen LogP) is 2.79. The molecule has 3 rings (SSSR count). The zero-order chi connectivity index (χ0) is 16.8. The van der Waals surface area contributed by atoms with Crippen LogP contribution in [0.2, 0.25) is 0 Å². The molecule has 2 heterocycles. The molecule has 1 aromatic carbocycles. The topological polar surface area (TPSA) is 79.4 Å². The third kappa shape index (κ3) is 3.41. The van der Waals surface area contributed by atoms with Crippen LogP contribution in [-0.2, 0) is 16.4 Å². The second-order valence-electron chi connectivity index (χ2n) is 5.29. The Hall–Kier alpha value is -1.45. The lowest BCUT2D eigenvalue weighted by molar-refractivity contribution is 0.0992. The molecule has 0 atom stereocenters. The molecule has 1 aromatic heterocycles. The summed E-state index contributed by atoms with van der Waals surface area (Å²) >= 11 is 4.49. The number of thiazole rings is 1. The Morgan fingerprint density at radius 1 is 1.43 bits per heavy atom. The number of anilines is 2. The van der Waals surface area contributed by atoms with Crippen LogP contribution in [0, 0.1) is 6.92 Å². The van der Waals surface area contributed by atoms with Gasteiger partial charge >= 0.3 is 0 Å². The Kier molecular flexibility index (Phi) is 4.19. The number of aryl methyl sites for hydroxylation is 1. The summed E-state index contributed by atoms with van der Waals surface area (Å²) in [7, 11) is -3.41. The zero-order valence-corrected chi connectivity index (χ0v) is 15.7. The normalized spacial score (nSPS) is 14.0. The number of hydrogen-bond acceptors (Lipinski definition) is 5. The molecule has 9 heteroatoms. The third-order valence-electron chi connectivity index (χ3n) is 3.45. The van der Waals surface area contributed by atoms with Crippen molar-refractivity contribution in [3.05, 3.63) is 38.8 Å². The van der Waals surface area contributed by atoms with Crippen LogP contribution in [0.3, 0.4) is 0 Å². The highest BCUT2D eigenvalue weighted by molar-refractivity contribution is 9.10. The molecule has 6 nitrogen and oxygen atoms in total. The first-order valence-corrected chi connectivity index (χ1v) is 10.3. The third-order valence-corrected chi connectivity index (χ3v) is 5.69. The number of sulfonamides is 1. The van der Waals surface area contributed by atoms with Gasteiger partial charge in [0.1, 0.15) is 4.88 Å². The Morgan fingerprint density at radius 3 is 2.87 bits per heavy atom. The summed E-state index contributed by atoms with van der Waals surface area (Å²) in [5.41, 5.74) is 2.53. The first-order valence-electron chi connectivity index (χ1n) is 6.80. The Balaban J connectivity index is 1.91. The number of nitrogens with zero attached hydrogens (tertiary/aromatic N) is 2. The highest BCUT2D eigenvalue weighted by atomic mass is 79.9. The molecule has 0 saturated carbocycles. The molecule has 1 aliphatic rings. The molecule has 0 radical (unpaired) electrons. The first kappa shape index (κ1) is 16.4. The molecular weight excluding hydrogens is 402 g/mol. The molecule has 1 N–H and O–H groups in total. The van der Waals surface area contributed by atoms with Crippen LogP contribution in [0.4, 0.5) is 10.8 Å². The quantitative estimate of drug-likeness (QED) is 0.835. The number of fused-ring (bicyclic) bond motifs is 1. The van der Waals surface area contributed by atoms with Gasteiger partial charge in [-0.15, -0.1) is 0 Å². The lowest BCUT2D eigenvalue weighted by Crippen LogP contribution is -2.28. The van der Waals surface area contributed by atoms with E-state index in [1.165, 1.54) is 0 Å². The summed E-state index contributed by atoms with van der Waals surface area (Å²) in [6, 6.07) is 5.83. The van der Waals surface area contributed by atoms with E-state index in [1.807, 2.05) is 18.2 Å². The van der Waals surface area contributed by atoms with Gasteiger partial charge in [0.05, 0.1) is 11.9 Å². The molecule has 122 valence electrons. The van der Waals surface area contributed by atoms with Crippen LogP contribution in [0.15, 0.2) is 22.7 Å². The van der Waals surface area contributed by atoms with E-state index >= 15 is 0 Å². The minimum atomic E-state index is -3.41. The SMILES string of the molecule is Cc1nc(NS(C)(=O)=O)sc1C(=O)N1CCc2cc(Br)ccc21. The second-order valence-corrected chi connectivity index (χ2v) is 8.95. The fourth-order valence-corrected chi connectivity index (χ4v) is 4.66. The molecule has 0 bridgehead atoms. The Morgan fingerprint density at radius 2 is 2.17 bits per heavy atom. The summed E-state index contributed by atoms with van der Waals surface area (Å²) in [6.07, 6.45) is 1.85. The van der Waals surface area contributed by atoms with Gasteiger partial charge in [-0.2, -0.15) is 0 Å². The van der Waals surface area contributed by atoms with Crippen molar-refractivity contribution in [2.45, 2.75) is 13.3 Å². The molecule has 2 aromatic rings. The van der Waals surface area contributed by atoms with E-state index < -0.39 is 10.0 Å². The van der Waals surface area contributed by atoms with Crippen molar-refractivity contribution >= 4 is 54.0 Å². The summed E-state index contributed by atoms with van der Waals surface area (Å²) in [5.74, 6) is -0.150. The van der Waals surface area contributed by atoms with E-state index in [0.29, 0.717) is 17.1 Å². The van der Waals surface area contributed by atoms with Gasteiger partial charge in [-0.1, -0.05) is 27.3 Å². The summed E-state index contributed by atoms with van der Waals surface area (Å²) in [5, 5.41) is 0.212. The minimum Gasteiger partial charge on any atom is -0.307 e. The number of rotatable bonds is 3. The van der Waals surface area contributed by atoms with Gasteiger partial charge in [0.2, 0.25) is 10.0 Å². The number of nitrogens with one attached hydrogen (secondary N) is 1. The monoisotopic (exact) mass is 415 g/mol. The van der Waals surface area contributed by atoms with Gasteiger partial charge in [-0.05, 0) is 37.1 Å². The van der Waals surface area contributed by atoms with Crippen molar-refractivity contribution < 1.29 is 13.2 Å². The second kappa shape index (κ2) is 5.88. The van der Waals surface area contributed by atoms with Crippen molar-refractivity contribution in [3.8, 4) is 0 Å². The molecule has 1 aliphatic heterocycles. The highest BCUT2D eigenvalue weighted by Gasteiger charge is 2.28. The van der Waals surface area contributed by atoms with Gasteiger partial charge in [-0.25, -0.2) is 13.4 Å². The number of hydrogen-bond donors (Lipinski definition) is 1. The number of carbonyl (C=O) groups excluding carboxylic acids is 1. The minimum absolute atomic E-state index is 0.150. The molecule has 0 spiro atoms. The molecule has 23 heavy (non-hydrogen) atoms. The summed E-state index contributed by atoms with van der Waals surface area (Å²) in [6.45, 7) is 2.31. The maximum Gasteiger partial charge on any atom is 0.270 e. The van der Waals surface area contributed by atoms with Crippen LogP contribution in [-0.4, -0.2) is 32.1 Å². The van der Waals surface area contributed by atoms with Crippen molar-refractivity contribution in [3.63, 3.8) is 0 Å². The number of halogens is 1. The van der Waals surface area contributed by atoms with E-state index in [9.17, 15) is 13.2 Å². The van der Waals surface area contributed by atoms with Gasteiger partial charge < -0.3 is 4.90 Å². The maximum atomic E-state index is 12.8. The lowest BCUT2D eigenvalue weighted by Gasteiger charge is -2.16. The van der Waals surface area contributed by atoms with E-state index in [-0.39, 0.29) is 11.0 Å². The molecule has 0 aliphatic carbocycles. The highest BCUT2D eigenvalue weighted by Crippen LogP contribution is 2.33. The first-order chi connectivity index (χ1) is 10.7. The standard InChI is InChI=1S/C14H14BrN3O3S2/c1-8-12(22-14(16-8)17-23(2,20)21)13(19)18-6-5-9-7-10(15)3-4-11(9)18/h3-4,7H,5-6H2,1-2H3,(H,16,17). The van der Waals surface area contributed by atoms with Gasteiger partial charge in [-0.3, -0.25) is 9.52 Å². The van der Waals surface area contributed by atoms with E-state index in [1.54, 1.807) is 11.8 Å². The van der Waals surface area contributed by atoms with Gasteiger partial charge in [0, 0.05) is 16.7 Å². The molecular formula is C14H14BrN3O3S2. The average Bonchev–Trinajstić information content (AvgIpc) is 2.99. The average molecular weight is 416 g/mol. The Labute approximate surface area is 146 Å². The smallest absolute Gasteiger partial charge is 0.270 e. The van der Waals surface area contributed by atoms with Gasteiger partial charge in [0.15, 0.2) is 5.13 Å². The van der Waals surface area contributed by atoms with Crippen LogP contribution >= 0.6 is 27.3 Å². The number of amides is 1. The molecule has 0 unspecified atom stereocenters. The summed E-state index contributed by atoms with van der Waals surface area (Å²) < 4.78 is 25.9. The molecule has 0 fully saturated rings. The maximum absolute atomic E-state index is 12.8. The van der Waals surface area contributed by atoms with Crippen molar-refractivity contribution in [2.75, 3.05) is 22.4 Å². The van der Waals surface area contributed by atoms with Crippen molar-refractivity contribution in [1.29, 1.82) is 0 Å². The fraction of sp³-hybridized carbons (Fsp3) is 0.286. The van der Waals surface area contributed by atoms with E-state index in [0.717, 1.165) is 39.7 Å². The lowest BCUT2D eigenvalue weighted by atomic mass is 10.2. The zero-order valence-electron chi connectivity index (χ0n) is 12.5. The van der Waals surface area contributed by atoms with Crippen LogP contribution in [0.1, 0.15) is 20.9 Å². The van der Waals surface area contributed by atoms with Crippen molar-refractivity contribution in [2.24, 2.45) is 0 Å². The molecule has 0 saturated heterocycles. The van der Waals surface area contributed by atoms with E-state index in [4.69, 9.17) is 0 Å². The van der Waals surface area contributed by atoms with Crippen LogP contribution in [0.5, 0.6) is 0 Å². The fourth-order valence-electron chi connectivity index (χ4n) is 2.50. The van der Waals surface area contributed by atoms with Gasteiger partial charge in [0.25, 0.3) is 5.91 Å². The van der Waals surface area contributed by atoms with Crippen LogP contribution in [0.25, 0.3) is 0 Å². The predicted molar refractivity (Wildman–Crippen MR) is 94.8 cm³/mol. The van der Waals surface area contributed by atoms with Crippen LogP contribution < -0.4 is 9.62 Å².